The van der Waals surface area contributed by atoms with Gasteiger partial charge in [0.25, 0.3) is 0 Å². The van der Waals surface area contributed by atoms with E-state index in [1.165, 1.54) is 0 Å². The van der Waals surface area contributed by atoms with E-state index in [0.29, 0.717) is 5.69 Å². The van der Waals surface area contributed by atoms with Gasteiger partial charge in [-0.15, -0.1) is 0 Å². The second-order valence-electron chi connectivity index (χ2n) is 6.36. The number of aryl methyl sites for hydroxylation is 1. The van der Waals surface area contributed by atoms with Crippen LogP contribution in [0.3, 0.4) is 0 Å². The normalized spacial score (nSPS) is 12.6. The summed E-state index contributed by atoms with van der Waals surface area (Å²) in [6.45, 7) is 9.13. The number of carboxylic acids is 1. The minimum absolute atomic E-state index is 0.194. The zero-order valence-corrected chi connectivity index (χ0v) is 13.7. The van der Waals surface area contributed by atoms with Crippen molar-refractivity contribution in [2.75, 3.05) is 5.32 Å². The van der Waals surface area contributed by atoms with Gasteiger partial charge in [0.05, 0.1) is 0 Å². The highest BCUT2D eigenvalue weighted by Gasteiger charge is 2.18. The Bertz CT molecular complexity index is 576. The summed E-state index contributed by atoms with van der Waals surface area (Å²) in [4.78, 5) is 22.7. The van der Waals surface area contributed by atoms with E-state index in [2.05, 4.69) is 5.32 Å². The molecule has 0 aliphatic heterocycles. The maximum Gasteiger partial charge on any atom is 0.412 e. The lowest BCUT2D eigenvalue weighted by Gasteiger charge is -2.21. The fraction of sp³-hybridized carbons (Fsp3) is 0.500. The topological polar surface area (TPSA) is 102 Å². The maximum atomic E-state index is 11.9. The molecule has 0 aromatic heterocycles. The number of carbonyl (C=O) groups excluding carboxylic acids is 1. The Labute approximate surface area is 130 Å². The van der Waals surface area contributed by atoms with Crippen molar-refractivity contribution in [1.82, 2.24) is 0 Å². The SMILES string of the molecule is Cc1cc(CC(N)C(=O)O)cc(NC(=O)OC(C)(C)C)c1C. The molecule has 1 rings (SSSR count). The van der Waals surface area contributed by atoms with Gasteiger partial charge < -0.3 is 15.6 Å². The van der Waals surface area contributed by atoms with E-state index in [4.69, 9.17) is 15.6 Å². The number of benzene rings is 1. The van der Waals surface area contributed by atoms with Gasteiger partial charge in [0, 0.05) is 5.69 Å². The van der Waals surface area contributed by atoms with Crippen LogP contribution in [0, 0.1) is 13.8 Å². The van der Waals surface area contributed by atoms with Crippen molar-refractivity contribution in [2.24, 2.45) is 5.73 Å². The summed E-state index contributed by atoms with van der Waals surface area (Å²) in [5, 5.41) is 11.6. The summed E-state index contributed by atoms with van der Waals surface area (Å²) in [5.74, 6) is -1.06. The largest absolute Gasteiger partial charge is 0.480 e. The lowest BCUT2D eigenvalue weighted by molar-refractivity contribution is -0.138. The molecule has 6 heteroatoms. The highest BCUT2D eigenvalue weighted by atomic mass is 16.6. The summed E-state index contributed by atoms with van der Waals surface area (Å²) in [6, 6.07) is 2.63. The number of hydrogen-bond acceptors (Lipinski definition) is 4. The van der Waals surface area contributed by atoms with Gasteiger partial charge in [-0.25, -0.2) is 4.79 Å². The molecule has 0 fully saturated rings. The van der Waals surface area contributed by atoms with Crippen LogP contribution in [0.1, 0.15) is 37.5 Å². The first kappa shape index (κ1) is 18.0. The maximum absolute atomic E-state index is 11.9. The van der Waals surface area contributed by atoms with Gasteiger partial charge in [-0.2, -0.15) is 0 Å². The fourth-order valence-electron chi connectivity index (χ4n) is 1.94. The number of ether oxygens (including phenoxy) is 1. The minimum Gasteiger partial charge on any atom is -0.480 e. The third-order valence-electron chi connectivity index (χ3n) is 3.14. The summed E-state index contributed by atoms with van der Waals surface area (Å²) in [7, 11) is 0. The van der Waals surface area contributed by atoms with Gasteiger partial charge in [0.2, 0.25) is 0 Å². The van der Waals surface area contributed by atoms with E-state index in [1.54, 1.807) is 26.8 Å². The van der Waals surface area contributed by atoms with Crippen LogP contribution >= 0.6 is 0 Å². The van der Waals surface area contributed by atoms with E-state index in [1.807, 2.05) is 19.9 Å². The molecule has 22 heavy (non-hydrogen) atoms. The van der Waals surface area contributed by atoms with Crippen LogP contribution in [0.25, 0.3) is 0 Å². The average Bonchev–Trinajstić information content (AvgIpc) is 2.32. The molecular formula is C16H24N2O4. The van der Waals surface area contributed by atoms with Gasteiger partial charge in [-0.1, -0.05) is 6.07 Å². The van der Waals surface area contributed by atoms with Crippen molar-refractivity contribution in [2.45, 2.75) is 52.7 Å². The van der Waals surface area contributed by atoms with Gasteiger partial charge in [-0.3, -0.25) is 10.1 Å². The zero-order valence-electron chi connectivity index (χ0n) is 13.7. The summed E-state index contributed by atoms with van der Waals surface area (Å²) in [5.41, 5.74) is 8.17. The minimum atomic E-state index is -1.06. The number of anilines is 1. The molecule has 4 N–H and O–H groups in total. The van der Waals surface area contributed by atoms with Crippen LogP contribution in [-0.2, 0) is 16.0 Å². The lowest BCUT2D eigenvalue weighted by atomic mass is 9.99. The summed E-state index contributed by atoms with van der Waals surface area (Å²) < 4.78 is 5.23. The molecule has 0 spiro atoms. The third-order valence-corrected chi connectivity index (χ3v) is 3.14. The molecule has 0 aliphatic rings. The summed E-state index contributed by atoms with van der Waals surface area (Å²) in [6.07, 6.45) is -0.353. The molecule has 1 unspecified atom stereocenters. The average molecular weight is 308 g/mol. The lowest BCUT2D eigenvalue weighted by Crippen LogP contribution is -2.32. The molecule has 1 aromatic carbocycles. The number of nitrogens with one attached hydrogen (secondary N) is 1. The molecule has 0 saturated heterocycles. The van der Waals surface area contributed by atoms with Crippen molar-refractivity contribution in [3.05, 3.63) is 28.8 Å². The van der Waals surface area contributed by atoms with Crippen LogP contribution in [0.4, 0.5) is 10.5 Å². The Balaban J connectivity index is 2.97. The molecule has 0 heterocycles. The third kappa shape index (κ3) is 5.37. The quantitative estimate of drug-likeness (QED) is 0.793. The number of carbonyl (C=O) groups is 2. The van der Waals surface area contributed by atoms with Crippen molar-refractivity contribution in [1.29, 1.82) is 0 Å². The predicted octanol–water partition coefficient (Wildman–Crippen LogP) is 2.60. The first-order chi connectivity index (χ1) is 9.99. The summed E-state index contributed by atoms with van der Waals surface area (Å²) >= 11 is 0. The molecule has 0 bridgehead atoms. The van der Waals surface area contributed by atoms with Gasteiger partial charge >= 0.3 is 12.1 Å². The molecule has 1 aromatic rings. The Morgan fingerprint density at radius 2 is 1.91 bits per heavy atom. The standard InChI is InChI=1S/C16H24N2O4/c1-9-6-11(7-12(17)14(19)20)8-13(10(9)2)18-15(21)22-16(3,4)5/h6,8,12H,7,17H2,1-5H3,(H,18,21)(H,19,20). The smallest absolute Gasteiger partial charge is 0.412 e. The molecule has 1 atom stereocenters. The van der Waals surface area contributed by atoms with Crippen molar-refractivity contribution in [3.8, 4) is 0 Å². The van der Waals surface area contributed by atoms with Crippen LogP contribution in [0.2, 0.25) is 0 Å². The zero-order chi connectivity index (χ0) is 17.1. The molecule has 6 nitrogen and oxygen atoms in total. The van der Waals surface area contributed by atoms with Gasteiger partial charge in [0.1, 0.15) is 11.6 Å². The molecule has 122 valence electrons. The first-order valence-corrected chi connectivity index (χ1v) is 7.08. The van der Waals surface area contributed by atoms with Crippen molar-refractivity contribution < 1.29 is 19.4 Å². The highest BCUT2D eigenvalue weighted by Crippen LogP contribution is 2.23. The van der Waals surface area contributed by atoms with E-state index >= 15 is 0 Å². The van der Waals surface area contributed by atoms with Gasteiger partial charge in [0.15, 0.2) is 0 Å². The number of hydrogen-bond donors (Lipinski definition) is 3. The van der Waals surface area contributed by atoms with E-state index < -0.39 is 23.7 Å². The molecule has 0 saturated carbocycles. The van der Waals surface area contributed by atoms with E-state index in [0.717, 1.165) is 16.7 Å². The van der Waals surface area contributed by atoms with Crippen molar-refractivity contribution in [3.63, 3.8) is 0 Å². The van der Waals surface area contributed by atoms with Crippen molar-refractivity contribution >= 4 is 17.7 Å². The van der Waals surface area contributed by atoms with Crippen LogP contribution in [0.5, 0.6) is 0 Å². The molecule has 1 amide bonds. The molecule has 0 aliphatic carbocycles. The van der Waals surface area contributed by atoms with E-state index in [-0.39, 0.29) is 6.42 Å². The Kier molecular flexibility index (Phi) is 5.54. The van der Waals surface area contributed by atoms with Crippen LogP contribution in [0.15, 0.2) is 12.1 Å². The number of aliphatic carboxylic acids is 1. The molecular weight excluding hydrogens is 284 g/mol. The fourth-order valence-corrected chi connectivity index (χ4v) is 1.94. The second kappa shape index (κ2) is 6.79. The number of amides is 1. The number of rotatable bonds is 4. The number of nitrogens with two attached hydrogens (primary N) is 1. The highest BCUT2D eigenvalue weighted by molar-refractivity contribution is 5.86. The predicted molar refractivity (Wildman–Crippen MR) is 85.1 cm³/mol. The molecule has 0 radical (unpaired) electrons. The Morgan fingerprint density at radius 1 is 1.32 bits per heavy atom. The van der Waals surface area contributed by atoms with Crippen LogP contribution < -0.4 is 11.1 Å². The van der Waals surface area contributed by atoms with E-state index in [9.17, 15) is 9.59 Å². The Morgan fingerprint density at radius 3 is 2.41 bits per heavy atom. The Hall–Kier alpha value is -2.08. The van der Waals surface area contributed by atoms with Gasteiger partial charge in [-0.05, 0) is 63.8 Å². The first-order valence-electron chi connectivity index (χ1n) is 7.08. The second-order valence-corrected chi connectivity index (χ2v) is 6.36. The monoisotopic (exact) mass is 308 g/mol. The van der Waals surface area contributed by atoms with Crippen LogP contribution in [-0.4, -0.2) is 28.8 Å². The number of carboxylic acid groups (broad SMARTS) is 1.